The van der Waals surface area contributed by atoms with Crippen LogP contribution in [0.25, 0.3) is 11.5 Å². The maximum Gasteiger partial charge on any atom is 0.262 e. The third kappa shape index (κ3) is 1.58. The van der Waals surface area contributed by atoms with E-state index in [-0.39, 0.29) is 5.89 Å². The first-order valence-electron chi connectivity index (χ1n) is 5.65. The largest absolute Gasteiger partial charge is 0.367 e. The highest BCUT2D eigenvalue weighted by Gasteiger charge is 2.37. The highest BCUT2D eigenvalue weighted by Crippen LogP contribution is 2.34. The maximum atomic E-state index is 8.90. The van der Waals surface area contributed by atoms with Gasteiger partial charge in [-0.3, -0.25) is 5.10 Å². The molecular formula is C11H11N5O2. The van der Waals surface area contributed by atoms with E-state index in [0.717, 1.165) is 12.8 Å². The summed E-state index contributed by atoms with van der Waals surface area (Å²) in [4.78, 5) is 4.30. The zero-order chi connectivity index (χ0) is 12.6. The van der Waals surface area contributed by atoms with Gasteiger partial charge in [0.05, 0.1) is 11.8 Å². The Kier molecular flexibility index (Phi) is 2.38. The molecule has 0 spiro atoms. The number of rotatable bonds is 2. The van der Waals surface area contributed by atoms with E-state index in [2.05, 4.69) is 20.3 Å². The summed E-state index contributed by atoms with van der Waals surface area (Å²) in [5.41, 5.74) is 0.332. The van der Waals surface area contributed by atoms with Crippen LogP contribution in [0.4, 0.5) is 0 Å². The van der Waals surface area contributed by atoms with Gasteiger partial charge in [-0.05, 0) is 19.8 Å². The molecule has 0 bridgehead atoms. The number of nitrogens with one attached hydrogen (secondary N) is 1. The highest BCUT2D eigenvalue weighted by atomic mass is 16.5. The van der Waals surface area contributed by atoms with E-state index in [4.69, 9.17) is 14.5 Å². The molecule has 1 aliphatic heterocycles. The van der Waals surface area contributed by atoms with E-state index >= 15 is 0 Å². The van der Waals surface area contributed by atoms with E-state index in [1.165, 1.54) is 6.20 Å². The third-order valence-corrected chi connectivity index (χ3v) is 3.10. The lowest BCUT2D eigenvalue weighted by Crippen LogP contribution is -2.21. The van der Waals surface area contributed by atoms with Crippen molar-refractivity contribution in [2.24, 2.45) is 0 Å². The zero-order valence-electron chi connectivity index (χ0n) is 9.80. The minimum Gasteiger partial charge on any atom is -0.367 e. The van der Waals surface area contributed by atoms with E-state index in [9.17, 15) is 0 Å². The molecule has 0 radical (unpaired) electrons. The summed E-state index contributed by atoms with van der Waals surface area (Å²) < 4.78 is 10.8. The third-order valence-electron chi connectivity index (χ3n) is 3.10. The molecule has 0 aromatic carbocycles. The molecule has 1 N–H and O–H groups in total. The molecule has 0 aliphatic carbocycles. The van der Waals surface area contributed by atoms with Crippen LogP contribution in [0.2, 0.25) is 0 Å². The first-order valence-corrected chi connectivity index (χ1v) is 5.65. The minimum atomic E-state index is -0.488. The Morgan fingerprint density at radius 2 is 2.44 bits per heavy atom. The standard InChI is InChI=1S/C11H11N5O2/c1-11(3-2-4-17-11)10-14-9(18-16-10)7-6-13-15-8(7)5-12/h6H,2-4H2,1H3,(H,13,15). The topological polar surface area (TPSA) is 101 Å². The van der Waals surface area contributed by atoms with Crippen LogP contribution in [0.3, 0.4) is 0 Å². The van der Waals surface area contributed by atoms with Gasteiger partial charge in [0.25, 0.3) is 5.89 Å². The zero-order valence-corrected chi connectivity index (χ0v) is 9.80. The maximum absolute atomic E-state index is 8.90. The summed E-state index contributed by atoms with van der Waals surface area (Å²) in [5.74, 6) is 0.798. The van der Waals surface area contributed by atoms with E-state index in [0.29, 0.717) is 23.7 Å². The molecule has 0 saturated carbocycles. The highest BCUT2D eigenvalue weighted by molar-refractivity contribution is 5.59. The van der Waals surface area contributed by atoms with Gasteiger partial charge >= 0.3 is 0 Å². The monoisotopic (exact) mass is 245 g/mol. The molecule has 2 aromatic rings. The van der Waals surface area contributed by atoms with Crippen LogP contribution in [0, 0.1) is 11.3 Å². The molecule has 1 atom stereocenters. The van der Waals surface area contributed by atoms with Crippen LogP contribution in [0.15, 0.2) is 10.7 Å². The van der Waals surface area contributed by atoms with Crippen molar-refractivity contribution < 1.29 is 9.26 Å². The van der Waals surface area contributed by atoms with Gasteiger partial charge in [-0.15, -0.1) is 0 Å². The molecule has 92 valence electrons. The van der Waals surface area contributed by atoms with Gasteiger partial charge in [0, 0.05) is 6.61 Å². The van der Waals surface area contributed by atoms with Crippen LogP contribution in [0.1, 0.15) is 31.3 Å². The van der Waals surface area contributed by atoms with Gasteiger partial charge < -0.3 is 9.26 Å². The van der Waals surface area contributed by atoms with Crippen molar-refractivity contribution >= 4 is 0 Å². The van der Waals surface area contributed by atoms with Crippen molar-refractivity contribution in [1.29, 1.82) is 5.26 Å². The molecule has 18 heavy (non-hydrogen) atoms. The number of hydrogen-bond donors (Lipinski definition) is 1. The summed E-state index contributed by atoms with van der Waals surface area (Å²) in [6, 6.07) is 1.99. The fraction of sp³-hybridized carbons (Fsp3) is 0.455. The molecule has 1 fully saturated rings. The lowest BCUT2D eigenvalue weighted by atomic mass is 10.0. The molecule has 2 aromatic heterocycles. The van der Waals surface area contributed by atoms with Crippen molar-refractivity contribution in [2.45, 2.75) is 25.4 Å². The van der Waals surface area contributed by atoms with Crippen LogP contribution in [-0.2, 0) is 10.3 Å². The Morgan fingerprint density at radius 3 is 3.17 bits per heavy atom. The molecular weight excluding hydrogens is 234 g/mol. The van der Waals surface area contributed by atoms with Gasteiger partial charge in [-0.2, -0.15) is 15.3 Å². The SMILES string of the molecule is CC1(c2noc(-c3cn[nH]c3C#N)n2)CCCO1. The van der Waals surface area contributed by atoms with Gasteiger partial charge in [0.2, 0.25) is 5.82 Å². The van der Waals surface area contributed by atoms with Crippen LogP contribution >= 0.6 is 0 Å². The van der Waals surface area contributed by atoms with Gasteiger partial charge in [0.1, 0.15) is 17.4 Å². The second kappa shape index (κ2) is 3.92. The Bertz CT molecular complexity index is 603. The number of aromatic nitrogens is 4. The molecule has 7 heteroatoms. The average molecular weight is 245 g/mol. The van der Waals surface area contributed by atoms with Crippen molar-refractivity contribution in [2.75, 3.05) is 6.61 Å². The number of nitriles is 1. The predicted octanol–water partition coefficient (Wildman–Crippen LogP) is 1.36. The first-order chi connectivity index (χ1) is 8.73. The summed E-state index contributed by atoms with van der Waals surface area (Å²) in [7, 11) is 0. The Labute approximate surface area is 103 Å². The normalized spacial score (nSPS) is 23.1. The van der Waals surface area contributed by atoms with E-state index in [1.54, 1.807) is 0 Å². The van der Waals surface area contributed by atoms with Gasteiger partial charge in [0.15, 0.2) is 0 Å². The fourth-order valence-electron chi connectivity index (χ4n) is 2.04. The molecule has 0 amide bonds. The van der Waals surface area contributed by atoms with Gasteiger partial charge in [-0.25, -0.2) is 0 Å². The summed E-state index contributed by atoms with van der Waals surface area (Å²) in [5, 5.41) is 19.2. The molecule has 7 nitrogen and oxygen atoms in total. The van der Waals surface area contributed by atoms with Crippen molar-refractivity contribution in [3.63, 3.8) is 0 Å². The Morgan fingerprint density at radius 1 is 1.56 bits per heavy atom. The first kappa shape index (κ1) is 10.9. The molecule has 1 aliphatic rings. The van der Waals surface area contributed by atoms with Crippen molar-refractivity contribution in [3.05, 3.63) is 17.7 Å². The second-order valence-corrected chi connectivity index (χ2v) is 4.38. The molecule has 1 unspecified atom stereocenters. The minimum absolute atomic E-state index is 0.284. The quantitative estimate of drug-likeness (QED) is 0.857. The lowest BCUT2D eigenvalue weighted by Gasteiger charge is -2.17. The summed E-state index contributed by atoms with van der Waals surface area (Å²) in [6.45, 7) is 2.64. The number of hydrogen-bond acceptors (Lipinski definition) is 6. The number of ether oxygens (including phenoxy) is 1. The fourth-order valence-corrected chi connectivity index (χ4v) is 2.04. The number of nitrogens with zero attached hydrogens (tertiary/aromatic N) is 4. The molecule has 1 saturated heterocycles. The molecule has 3 rings (SSSR count). The van der Waals surface area contributed by atoms with Gasteiger partial charge in [-0.1, -0.05) is 5.16 Å². The Balaban J connectivity index is 1.97. The smallest absolute Gasteiger partial charge is 0.262 e. The van der Waals surface area contributed by atoms with Crippen LogP contribution in [-0.4, -0.2) is 26.9 Å². The Hall–Kier alpha value is -2.20. The van der Waals surface area contributed by atoms with Crippen LogP contribution in [0.5, 0.6) is 0 Å². The number of H-pyrrole nitrogens is 1. The summed E-state index contributed by atoms with van der Waals surface area (Å²) >= 11 is 0. The second-order valence-electron chi connectivity index (χ2n) is 4.38. The predicted molar refractivity (Wildman–Crippen MR) is 59.1 cm³/mol. The average Bonchev–Trinajstić information content (AvgIpc) is 3.08. The lowest BCUT2D eigenvalue weighted by molar-refractivity contribution is 0.00768. The van der Waals surface area contributed by atoms with Crippen LogP contribution < -0.4 is 0 Å². The van der Waals surface area contributed by atoms with E-state index < -0.39 is 5.60 Å². The van der Waals surface area contributed by atoms with E-state index in [1.807, 2.05) is 13.0 Å². The summed E-state index contributed by atoms with van der Waals surface area (Å²) in [6.07, 6.45) is 3.34. The van der Waals surface area contributed by atoms with Crippen molar-refractivity contribution in [3.8, 4) is 17.5 Å². The van der Waals surface area contributed by atoms with Crippen molar-refractivity contribution in [1.82, 2.24) is 20.3 Å². The molecule has 3 heterocycles. The number of aromatic amines is 1.